The van der Waals surface area contributed by atoms with Crippen LogP contribution in [0.5, 0.6) is 0 Å². The molecule has 1 aliphatic carbocycles. The average Bonchev–Trinajstić information content (AvgIpc) is 3.26. The Morgan fingerprint density at radius 3 is 2.70 bits per heavy atom. The summed E-state index contributed by atoms with van der Waals surface area (Å²) in [7, 11) is 0. The number of fused-ring (bicyclic) bond motifs is 1. The Hall–Kier alpha value is -2.33. The maximum atomic E-state index is 12.9. The number of hydrogen-bond donors (Lipinski definition) is 1. The normalized spacial score (nSPS) is 13.4. The van der Waals surface area contributed by atoms with E-state index in [-0.39, 0.29) is 17.1 Å². The molecule has 0 saturated carbocycles. The Balaban J connectivity index is 1.65. The van der Waals surface area contributed by atoms with Gasteiger partial charge in [-0.25, -0.2) is 4.79 Å². The van der Waals surface area contributed by atoms with Crippen molar-refractivity contribution in [3.8, 4) is 0 Å². The molecular weight excluding hydrogens is 453 g/mol. The van der Waals surface area contributed by atoms with Gasteiger partial charge >= 0.3 is 11.9 Å². The maximum Gasteiger partial charge on any atom is 0.416 e. The summed E-state index contributed by atoms with van der Waals surface area (Å²) < 4.78 is 40.4. The van der Waals surface area contributed by atoms with Crippen molar-refractivity contribution >= 4 is 23.4 Å². The van der Waals surface area contributed by atoms with Crippen molar-refractivity contribution in [2.24, 2.45) is 0 Å². The highest BCUT2D eigenvalue weighted by Gasteiger charge is 2.30. The zero-order chi connectivity index (χ0) is 24.0. The van der Waals surface area contributed by atoms with Gasteiger partial charge in [0, 0.05) is 23.5 Å². The lowest BCUT2D eigenvalue weighted by Gasteiger charge is -2.19. The van der Waals surface area contributed by atoms with Gasteiger partial charge in [0.05, 0.1) is 11.3 Å². The van der Waals surface area contributed by atoms with E-state index in [2.05, 4.69) is 29.0 Å². The van der Waals surface area contributed by atoms with E-state index in [9.17, 15) is 22.8 Å². The molecule has 2 aromatic rings. The summed E-state index contributed by atoms with van der Waals surface area (Å²) in [5.74, 6) is -0.488. The number of carbonyl (C=O) groups is 1. The van der Waals surface area contributed by atoms with Gasteiger partial charge in [-0.15, -0.1) is 0 Å². The fourth-order valence-corrected chi connectivity index (χ4v) is 4.91. The van der Waals surface area contributed by atoms with Crippen molar-refractivity contribution in [3.63, 3.8) is 0 Å². The second kappa shape index (κ2) is 11.2. The van der Waals surface area contributed by atoms with E-state index >= 15 is 0 Å². The quantitative estimate of drug-likeness (QED) is 0.406. The number of anilines is 1. The first-order valence-corrected chi connectivity index (χ1v) is 12.2. The topological polar surface area (TPSA) is 67.2 Å². The number of halogens is 3. The lowest BCUT2D eigenvalue weighted by molar-refractivity contribution is -0.137. The number of amides is 1. The first kappa shape index (κ1) is 25.3. The molecule has 0 unspecified atom stereocenters. The molecule has 1 aromatic carbocycles. The Labute approximate surface area is 195 Å². The van der Waals surface area contributed by atoms with Crippen LogP contribution in [0.25, 0.3) is 0 Å². The standard InChI is InChI=1S/C23H29F3N4O2S/c1-3-29(4-2)12-7-13-30-19-11-6-10-18(19)21(28-22(30)32)33-15-20(31)27-17-9-5-8-16(14-17)23(24,25)26/h5,8-9,14H,3-4,6-7,10-13,15H2,1-2H3,(H,27,31). The number of nitrogens with one attached hydrogen (secondary N) is 1. The van der Waals surface area contributed by atoms with Gasteiger partial charge in [0.2, 0.25) is 5.91 Å². The molecule has 0 bridgehead atoms. The van der Waals surface area contributed by atoms with E-state index < -0.39 is 17.6 Å². The first-order chi connectivity index (χ1) is 15.7. The number of alkyl halides is 3. The van der Waals surface area contributed by atoms with Gasteiger partial charge in [0.25, 0.3) is 0 Å². The van der Waals surface area contributed by atoms with Crippen molar-refractivity contribution in [2.75, 3.05) is 30.7 Å². The number of thioether (sulfide) groups is 1. The molecule has 33 heavy (non-hydrogen) atoms. The van der Waals surface area contributed by atoms with E-state index in [1.54, 1.807) is 4.57 Å². The van der Waals surface area contributed by atoms with Crippen LogP contribution < -0.4 is 11.0 Å². The molecule has 10 heteroatoms. The highest BCUT2D eigenvalue weighted by Crippen LogP contribution is 2.31. The highest BCUT2D eigenvalue weighted by molar-refractivity contribution is 8.00. The third kappa shape index (κ3) is 6.60. The molecule has 0 radical (unpaired) electrons. The van der Waals surface area contributed by atoms with Crippen LogP contribution in [0.4, 0.5) is 18.9 Å². The molecule has 0 spiro atoms. The molecule has 3 rings (SSSR count). The molecule has 1 aromatic heterocycles. The summed E-state index contributed by atoms with van der Waals surface area (Å²) in [6.07, 6.45) is -1.07. The molecule has 0 aliphatic heterocycles. The minimum absolute atomic E-state index is 0.0406. The number of hydrogen-bond acceptors (Lipinski definition) is 5. The summed E-state index contributed by atoms with van der Waals surface area (Å²) in [6, 6.07) is 4.51. The van der Waals surface area contributed by atoms with Crippen molar-refractivity contribution in [1.82, 2.24) is 14.5 Å². The number of benzene rings is 1. The lowest BCUT2D eigenvalue weighted by atomic mass is 10.2. The van der Waals surface area contributed by atoms with E-state index in [1.807, 2.05) is 0 Å². The molecule has 0 atom stereocenters. The van der Waals surface area contributed by atoms with Crippen LogP contribution in [0.1, 0.15) is 43.5 Å². The Morgan fingerprint density at radius 1 is 1.24 bits per heavy atom. The monoisotopic (exact) mass is 482 g/mol. The van der Waals surface area contributed by atoms with E-state index in [0.717, 1.165) is 80.5 Å². The fraction of sp³-hybridized carbons (Fsp3) is 0.522. The second-order valence-electron chi connectivity index (χ2n) is 7.93. The first-order valence-electron chi connectivity index (χ1n) is 11.2. The third-order valence-electron chi connectivity index (χ3n) is 5.76. The number of aromatic nitrogens is 2. The van der Waals surface area contributed by atoms with Crippen molar-refractivity contribution in [3.05, 3.63) is 51.6 Å². The zero-order valence-electron chi connectivity index (χ0n) is 18.9. The van der Waals surface area contributed by atoms with Gasteiger partial charge in [0.15, 0.2) is 0 Å². The van der Waals surface area contributed by atoms with Crippen molar-refractivity contribution in [2.45, 2.75) is 57.3 Å². The van der Waals surface area contributed by atoms with Gasteiger partial charge in [-0.3, -0.25) is 9.36 Å². The fourth-order valence-electron chi connectivity index (χ4n) is 4.03. The predicted molar refractivity (Wildman–Crippen MR) is 124 cm³/mol. The van der Waals surface area contributed by atoms with Gasteiger partial charge < -0.3 is 10.2 Å². The van der Waals surface area contributed by atoms with E-state index in [4.69, 9.17) is 0 Å². The molecule has 1 N–H and O–H groups in total. The zero-order valence-corrected chi connectivity index (χ0v) is 19.7. The molecule has 1 aliphatic rings. The highest BCUT2D eigenvalue weighted by atomic mass is 32.2. The van der Waals surface area contributed by atoms with E-state index in [1.165, 1.54) is 12.1 Å². The third-order valence-corrected chi connectivity index (χ3v) is 6.78. The van der Waals surface area contributed by atoms with Crippen molar-refractivity contribution in [1.29, 1.82) is 0 Å². The molecule has 1 amide bonds. The number of carbonyl (C=O) groups excluding carboxylic acids is 1. The average molecular weight is 483 g/mol. The summed E-state index contributed by atoms with van der Waals surface area (Å²) in [6.45, 7) is 7.71. The van der Waals surface area contributed by atoms with Gasteiger partial charge in [-0.1, -0.05) is 31.7 Å². The van der Waals surface area contributed by atoms with E-state index in [0.29, 0.717) is 11.6 Å². The Morgan fingerprint density at radius 2 is 2.00 bits per heavy atom. The maximum absolute atomic E-state index is 12.9. The SMILES string of the molecule is CCN(CC)CCCn1c2c(c(SCC(=O)Nc3cccc(C(F)(F)F)c3)nc1=O)CCC2. The summed E-state index contributed by atoms with van der Waals surface area (Å²) in [4.78, 5) is 31.6. The van der Waals surface area contributed by atoms with Crippen LogP contribution in [-0.2, 0) is 30.4 Å². The molecule has 1 heterocycles. The summed E-state index contributed by atoms with van der Waals surface area (Å²) >= 11 is 1.15. The molecular formula is C23H29F3N4O2S. The van der Waals surface area contributed by atoms with Crippen LogP contribution in [0.15, 0.2) is 34.1 Å². The van der Waals surface area contributed by atoms with Crippen molar-refractivity contribution < 1.29 is 18.0 Å². The minimum Gasteiger partial charge on any atom is -0.325 e. The number of nitrogens with zero attached hydrogens (tertiary/aromatic N) is 3. The molecule has 6 nitrogen and oxygen atoms in total. The van der Waals surface area contributed by atoms with Gasteiger partial charge in [-0.05, 0) is 63.5 Å². The second-order valence-corrected chi connectivity index (χ2v) is 8.89. The largest absolute Gasteiger partial charge is 0.416 e. The lowest BCUT2D eigenvalue weighted by Crippen LogP contribution is -2.30. The Kier molecular flexibility index (Phi) is 8.58. The smallest absolute Gasteiger partial charge is 0.325 e. The molecule has 0 fully saturated rings. The summed E-state index contributed by atoms with van der Waals surface area (Å²) in [5.41, 5.74) is 0.954. The van der Waals surface area contributed by atoms with Crippen LogP contribution in [-0.4, -0.2) is 45.7 Å². The molecule has 180 valence electrons. The Bertz CT molecular complexity index is 1040. The minimum atomic E-state index is -4.48. The van der Waals surface area contributed by atoms with Crippen LogP contribution >= 0.6 is 11.8 Å². The van der Waals surface area contributed by atoms with Crippen LogP contribution in [0.3, 0.4) is 0 Å². The van der Waals surface area contributed by atoms with Gasteiger partial charge in [-0.2, -0.15) is 18.2 Å². The summed E-state index contributed by atoms with van der Waals surface area (Å²) in [5, 5.41) is 3.04. The van der Waals surface area contributed by atoms with Crippen LogP contribution in [0, 0.1) is 0 Å². The van der Waals surface area contributed by atoms with Crippen LogP contribution in [0.2, 0.25) is 0 Å². The number of rotatable bonds is 10. The predicted octanol–water partition coefficient (Wildman–Crippen LogP) is 4.21. The molecule has 0 saturated heterocycles. The van der Waals surface area contributed by atoms with Gasteiger partial charge in [0.1, 0.15) is 5.03 Å².